The Morgan fingerprint density at radius 3 is 2.62 bits per heavy atom. The molecule has 1 heterocycles. The molecule has 0 saturated heterocycles. The van der Waals surface area contributed by atoms with Crippen molar-refractivity contribution in [3.63, 3.8) is 0 Å². The number of nitrogens with one attached hydrogen (secondary N) is 2. The number of thiophene rings is 1. The smallest absolute Gasteiger partial charge is 0.331 e. The van der Waals surface area contributed by atoms with Crippen LogP contribution in [0.15, 0.2) is 17.5 Å². The standard InChI is InChI=1S/C14H20N2O4S/c1-4-7-14(2,13(19)20-3)16-11(17)9-15-12(18)10-6-5-8-21-10/h5-6,8H,4,7,9H2,1-3H3,(H,15,18)(H,16,17). The first kappa shape index (κ1) is 17.2. The van der Waals surface area contributed by atoms with Crippen LogP contribution in [0.25, 0.3) is 0 Å². The van der Waals surface area contributed by atoms with Crippen molar-refractivity contribution in [3.05, 3.63) is 22.4 Å². The largest absolute Gasteiger partial charge is 0.467 e. The zero-order valence-electron chi connectivity index (χ0n) is 12.4. The molecule has 1 atom stereocenters. The van der Waals surface area contributed by atoms with Gasteiger partial charge < -0.3 is 15.4 Å². The number of carbonyl (C=O) groups is 3. The van der Waals surface area contributed by atoms with Gasteiger partial charge in [-0.25, -0.2) is 4.79 Å². The molecule has 1 rings (SSSR count). The lowest BCUT2D eigenvalue weighted by molar-refractivity contribution is -0.150. The maximum Gasteiger partial charge on any atom is 0.331 e. The van der Waals surface area contributed by atoms with Crippen molar-refractivity contribution in [1.82, 2.24) is 10.6 Å². The molecular formula is C14H20N2O4S. The summed E-state index contributed by atoms with van der Waals surface area (Å²) < 4.78 is 4.71. The van der Waals surface area contributed by atoms with Gasteiger partial charge in [0, 0.05) is 0 Å². The van der Waals surface area contributed by atoms with E-state index < -0.39 is 17.4 Å². The lowest BCUT2D eigenvalue weighted by Crippen LogP contribution is -2.54. The Kier molecular flexibility index (Phi) is 6.36. The maximum absolute atomic E-state index is 11.9. The second kappa shape index (κ2) is 7.78. The molecule has 7 heteroatoms. The van der Waals surface area contributed by atoms with Crippen molar-refractivity contribution in [2.24, 2.45) is 0 Å². The number of hydrogen-bond acceptors (Lipinski definition) is 5. The summed E-state index contributed by atoms with van der Waals surface area (Å²) in [7, 11) is 1.28. The number of amides is 2. The van der Waals surface area contributed by atoms with Crippen LogP contribution < -0.4 is 10.6 Å². The highest BCUT2D eigenvalue weighted by Gasteiger charge is 2.34. The summed E-state index contributed by atoms with van der Waals surface area (Å²) in [5.74, 6) is -1.24. The first-order valence-corrected chi connectivity index (χ1v) is 7.52. The molecule has 0 spiro atoms. The van der Waals surface area contributed by atoms with Gasteiger partial charge in [0.15, 0.2) is 0 Å². The van der Waals surface area contributed by atoms with E-state index in [1.165, 1.54) is 18.4 Å². The van der Waals surface area contributed by atoms with Crippen LogP contribution in [0.4, 0.5) is 0 Å². The number of rotatable bonds is 7. The van der Waals surface area contributed by atoms with Gasteiger partial charge in [-0.05, 0) is 24.8 Å². The average molecular weight is 312 g/mol. The predicted octanol–water partition coefficient (Wildman–Crippen LogP) is 1.33. The van der Waals surface area contributed by atoms with Crippen LogP contribution in [-0.4, -0.2) is 37.0 Å². The molecule has 116 valence electrons. The van der Waals surface area contributed by atoms with Gasteiger partial charge in [0.1, 0.15) is 5.54 Å². The first-order chi connectivity index (χ1) is 9.92. The second-order valence-electron chi connectivity index (χ2n) is 4.78. The van der Waals surface area contributed by atoms with Gasteiger partial charge in [-0.2, -0.15) is 0 Å². The van der Waals surface area contributed by atoms with E-state index >= 15 is 0 Å². The molecule has 0 aromatic carbocycles. The average Bonchev–Trinajstić information content (AvgIpc) is 2.98. The minimum absolute atomic E-state index is 0.187. The molecule has 0 saturated carbocycles. The summed E-state index contributed by atoms with van der Waals surface area (Å²) in [6, 6.07) is 3.43. The SMILES string of the molecule is CCCC(C)(NC(=O)CNC(=O)c1cccs1)C(=O)OC. The highest BCUT2D eigenvalue weighted by atomic mass is 32.1. The van der Waals surface area contributed by atoms with Crippen molar-refractivity contribution >= 4 is 29.1 Å². The molecule has 6 nitrogen and oxygen atoms in total. The fourth-order valence-electron chi connectivity index (χ4n) is 1.95. The monoisotopic (exact) mass is 312 g/mol. The summed E-state index contributed by atoms with van der Waals surface area (Å²) in [5.41, 5.74) is -1.08. The van der Waals surface area contributed by atoms with Gasteiger partial charge in [0.05, 0.1) is 18.5 Å². The van der Waals surface area contributed by atoms with Crippen molar-refractivity contribution in [1.29, 1.82) is 0 Å². The zero-order chi connectivity index (χ0) is 15.9. The van der Waals surface area contributed by atoms with E-state index in [1.807, 2.05) is 6.92 Å². The number of esters is 1. The van der Waals surface area contributed by atoms with Crippen molar-refractivity contribution < 1.29 is 19.1 Å². The molecule has 0 aliphatic carbocycles. The Bertz CT molecular complexity index is 501. The lowest BCUT2D eigenvalue weighted by Gasteiger charge is -2.27. The first-order valence-electron chi connectivity index (χ1n) is 6.64. The second-order valence-corrected chi connectivity index (χ2v) is 5.73. The molecule has 0 aliphatic rings. The van der Waals surface area contributed by atoms with Crippen LogP contribution in [0, 0.1) is 0 Å². The molecule has 2 amide bonds. The van der Waals surface area contributed by atoms with E-state index in [0.717, 1.165) is 0 Å². The normalized spacial score (nSPS) is 13.1. The van der Waals surface area contributed by atoms with Gasteiger partial charge in [0.25, 0.3) is 5.91 Å². The predicted molar refractivity (Wildman–Crippen MR) is 80.1 cm³/mol. The lowest BCUT2D eigenvalue weighted by atomic mass is 9.96. The topological polar surface area (TPSA) is 84.5 Å². The molecule has 1 unspecified atom stereocenters. The van der Waals surface area contributed by atoms with Crippen LogP contribution in [0.2, 0.25) is 0 Å². The number of methoxy groups -OCH3 is 1. The van der Waals surface area contributed by atoms with E-state index in [1.54, 1.807) is 24.4 Å². The molecule has 0 fully saturated rings. The van der Waals surface area contributed by atoms with Gasteiger partial charge in [-0.15, -0.1) is 11.3 Å². The van der Waals surface area contributed by atoms with Crippen molar-refractivity contribution in [3.8, 4) is 0 Å². The van der Waals surface area contributed by atoms with Crippen LogP contribution in [0.5, 0.6) is 0 Å². The molecule has 2 N–H and O–H groups in total. The summed E-state index contributed by atoms with van der Waals surface area (Å²) >= 11 is 1.29. The quantitative estimate of drug-likeness (QED) is 0.744. The summed E-state index contributed by atoms with van der Waals surface area (Å²) in [6.07, 6.45) is 1.18. The highest BCUT2D eigenvalue weighted by Crippen LogP contribution is 2.14. The summed E-state index contributed by atoms with van der Waals surface area (Å²) in [5, 5.41) is 6.92. The molecule has 0 radical (unpaired) electrons. The number of carbonyl (C=O) groups excluding carboxylic acids is 3. The Morgan fingerprint density at radius 1 is 1.38 bits per heavy atom. The van der Waals surface area contributed by atoms with Gasteiger partial charge in [-0.1, -0.05) is 19.4 Å². The summed E-state index contributed by atoms with van der Waals surface area (Å²) in [4.78, 5) is 35.9. The van der Waals surface area contributed by atoms with Crippen LogP contribution in [-0.2, 0) is 14.3 Å². The third-order valence-corrected chi connectivity index (χ3v) is 3.82. The fourth-order valence-corrected chi connectivity index (χ4v) is 2.59. The van der Waals surface area contributed by atoms with Crippen LogP contribution in [0.1, 0.15) is 36.4 Å². The molecule has 0 aliphatic heterocycles. The molecule has 1 aromatic rings. The van der Waals surface area contributed by atoms with Gasteiger partial charge >= 0.3 is 5.97 Å². The minimum atomic E-state index is -1.08. The van der Waals surface area contributed by atoms with Crippen LogP contribution in [0.3, 0.4) is 0 Å². The fraction of sp³-hybridized carbons (Fsp3) is 0.500. The number of hydrogen-bond donors (Lipinski definition) is 2. The Balaban J connectivity index is 2.55. The van der Waals surface area contributed by atoms with Gasteiger partial charge in [0.2, 0.25) is 5.91 Å². The molecule has 21 heavy (non-hydrogen) atoms. The van der Waals surface area contributed by atoms with Crippen LogP contribution >= 0.6 is 11.3 Å². The van der Waals surface area contributed by atoms with E-state index in [4.69, 9.17) is 4.74 Å². The minimum Gasteiger partial charge on any atom is -0.467 e. The zero-order valence-corrected chi connectivity index (χ0v) is 13.2. The van der Waals surface area contributed by atoms with E-state index in [-0.39, 0.29) is 12.5 Å². The molecule has 0 bridgehead atoms. The van der Waals surface area contributed by atoms with E-state index in [2.05, 4.69) is 10.6 Å². The molecular weight excluding hydrogens is 292 g/mol. The maximum atomic E-state index is 11.9. The number of ether oxygens (including phenoxy) is 1. The van der Waals surface area contributed by atoms with E-state index in [0.29, 0.717) is 17.7 Å². The Morgan fingerprint density at radius 2 is 2.10 bits per heavy atom. The third kappa shape index (κ3) is 4.86. The van der Waals surface area contributed by atoms with Crippen molar-refractivity contribution in [2.75, 3.05) is 13.7 Å². The van der Waals surface area contributed by atoms with Crippen molar-refractivity contribution in [2.45, 2.75) is 32.2 Å². The molecule has 1 aromatic heterocycles. The third-order valence-electron chi connectivity index (χ3n) is 2.96. The Labute approximate surface area is 127 Å². The highest BCUT2D eigenvalue weighted by molar-refractivity contribution is 7.12. The Hall–Kier alpha value is -1.89. The van der Waals surface area contributed by atoms with E-state index in [9.17, 15) is 14.4 Å². The summed E-state index contributed by atoms with van der Waals surface area (Å²) in [6.45, 7) is 3.33. The van der Waals surface area contributed by atoms with Gasteiger partial charge in [-0.3, -0.25) is 9.59 Å².